The molecule has 9 heteroatoms. The van der Waals surface area contributed by atoms with Crippen LogP contribution in [0.1, 0.15) is 68.4 Å². The van der Waals surface area contributed by atoms with E-state index in [9.17, 15) is 14.4 Å². The SMILES string of the molecule is C[C@@H](NC(=O)CCSc1nc(C2CC2)nc2c1c(=O)[nH]c(=O)n2C1CC1)c1ccccc1. The van der Waals surface area contributed by atoms with Crippen LogP contribution in [0.15, 0.2) is 44.9 Å². The van der Waals surface area contributed by atoms with Crippen LogP contribution in [0, 0.1) is 0 Å². The minimum absolute atomic E-state index is 0.0570. The Morgan fingerprint density at radius 2 is 1.94 bits per heavy atom. The quantitative estimate of drug-likeness (QED) is 0.402. The number of thioether (sulfide) groups is 1. The molecule has 1 atom stereocenters. The fourth-order valence-electron chi connectivity index (χ4n) is 3.81. The van der Waals surface area contributed by atoms with Gasteiger partial charge in [0.2, 0.25) is 5.91 Å². The molecule has 5 rings (SSSR count). The lowest BCUT2D eigenvalue weighted by molar-refractivity contribution is -0.121. The molecule has 32 heavy (non-hydrogen) atoms. The van der Waals surface area contributed by atoms with Crippen molar-refractivity contribution in [2.24, 2.45) is 0 Å². The van der Waals surface area contributed by atoms with E-state index in [2.05, 4.69) is 20.3 Å². The fourth-order valence-corrected chi connectivity index (χ4v) is 4.78. The molecule has 1 aromatic carbocycles. The van der Waals surface area contributed by atoms with Gasteiger partial charge in [-0.05, 0) is 38.2 Å². The molecule has 0 spiro atoms. The van der Waals surface area contributed by atoms with Crippen LogP contribution in [0.4, 0.5) is 0 Å². The van der Waals surface area contributed by atoms with Gasteiger partial charge in [-0.3, -0.25) is 19.1 Å². The summed E-state index contributed by atoms with van der Waals surface area (Å²) in [6.45, 7) is 1.96. The summed E-state index contributed by atoms with van der Waals surface area (Å²) in [7, 11) is 0. The largest absolute Gasteiger partial charge is 0.350 e. The van der Waals surface area contributed by atoms with E-state index in [0.717, 1.165) is 31.2 Å². The van der Waals surface area contributed by atoms with Gasteiger partial charge in [0, 0.05) is 24.1 Å². The zero-order chi connectivity index (χ0) is 22.2. The molecule has 1 amide bonds. The lowest BCUT2D eigenvalue weighted by Crippen LogP contribution is -2.31. The summed E-state index contributed by atoms with van der Waals surface area (Å²) in [6, 6.07) is 9.82. The van der Waals surface area contributed by atoms with Crippen molar-refractivity contribution in [3.63, 3.8) is 0 Å². The summed E-state index contributed by atoms with van der Waals surface area (Å²) in [5.41, 5.74) is 0.612. The minimum Gasteiger partial charge on any atom is -0.350 e. The Balaban J connectivity index is 1.36. The second-order valence-corrected chi connectivity index (χ2v) is 9.60. The number of hydrogen-bond donors (Lipinski definition) is 2. The molecule has 2 heterocycles. The number of aromatic nitrogens is 4. The predicted octanol–water partition coefficient (Wildman–Crippen LogP) is 3.05. The van der Waals surface area contributed by atoms with Gasteiger partial charge >= 0.3 is 5.69 Å². The molecular formula is C23H25N5O3S. The normalized spacial score (nSPS) is 16.8. The van der Waals surface area contributed by atoms with E-state index in [1.165, 1.54) is 11.8 Å². The molecular weight excluding hydrogens is 426 g/mol. The molecule has 0 bridgehead atoms. The van der Waals surface area contributed by atoms with Crippen molar-refractivity contribution >= 4 is 28.7 Å². The first kappa shape index (κ1) is 20.9. The topological polar surface area (TPSA) is 110 Å². The number of fused-ring (bicyclic) bond motifs is 1. The number of carbonyl (C=O) groups excluding carboxylic acids is 1. The number of aromatic amines is 1. The third-order valence-electron chi connectivity index (χ3n) is 5.87. The van der Waals surface area contributed by atoms with Crippen molar-refractivity contribution in [3.05, 3.63) is 62.6 Å². The zero-order valence-electron chi connectivity index (χ0n) is 17.8. The Hall–Kier alpha value is -2.94. The monoisotopic (exact) mass is 451 g/mol. The van der Waals surface area contributed by atoms with Gasteiger partial charge in [0.25, 0.3) is 5.56 Å². The molecule has 0 aliphatic heterocycles. The number of amides is 1. The number of rotatable bonds is 8. The third-order valence-corrected chi connectivity index (χ3v) is 6.85. The van der Waals surface area contributed by atoms with Gasteiger partial charge in [-0.2, -0.15) is 0 Å². The van der Waals surface area contributed by atoms with E-state index >= 15 is 0 Å². The van der Waals surface area contributed by atoms with Gasteiger partial charge in [0.05, 0.1) is 6.04 Å². The summed E-state index contributed by atoms with van der Waals surface area (Å²) >= 11 is 1.37. The average Bonchev–Trinajstić information content (AvgIpc) is 3.67. The van der Waals surface area contributed by atoms with Crippen molar-refractivity contribution in [1.82, 2.24) is 24.8 Å². The van der Waals surface area contributed by atoms with Crippen LogP contribution in [0.25, 0.3) is 11.0 Å². The average molecular weight is 452 g/mol. The van der Waals surface area contributed by atoms with E-state index < -0.39 is 11.2 Å². The van der Waals surface area contributed by atoms with Gasteiger partial charge in [-0.1, -0.05) is 30.3 Å². The lowest BCUT2D eigenvalue weighted by atomic mass is 10.1. The summed E-state index contributed by atoms with van der Waals surface area (Å²) in [6.07, 6.45) is 4.16. The molecule has 2 aromatic heterocycles. The molecule has 0 saturated heterocycles. The van der Waals surface area contributed by atoms with Gasteiger partial charge in [0.15, 0.2) is 5.65 Å². The second kappa shape index (κ2) is 8.54. The Morgan fingerprint density at radius 1 is 1.19 bits per heavy atom. The highest BCUT2D eigenvalue weighted by Crippen LogP contribution is 2.40. The van der Waals surface area contributed by atoms with Crippen LogP contribution in [-0.2, 0) is 4.79 Å². The predicted molar refractivity (Wildman–Crippen MR) is 123 cm³/mol. The van der Waals surface area contributed by atoms with Crippen molar-refractivity contribution < 1.29 is 4.79 Å². The van der Waals surface area contributed by atoms with E-state index in [0.29, 0.717) is 34.1 Å². The van der Waals surface area contributed by atoms with Gasteiger partial charge in [-0.15, -0.1) is 11.8 Å². The molecule has 2 saturated carbocycles. The summed E-state index contributed by atoms with van der Waals surface area (Å²) < 4.78 is 1.61. The molecule has 166 valence electrons. The fraction of sp³-hybridized carbons (Fsp3) is 0.435. The maximum Gasteiger partial charge on any atom is 0.330 e. The molecule has 2 N–H and O–H groups in total. The van der Waals surface area contributed by atoms with E-state index in [1.54, 1.807) is 4.57 Å². The highest BCUT2D eigenvalue weighted by Gasteiger charge is 2.32. The molecule has 8 nitrogen and oxygen atoms in total. The third kappa shape index (κ3) is 4.34. The van der Waals surface area contributed by atoms with Crippen LogP contribution in [0.3, 0.4) is 0 Å². The number of nitrogens with one attached hydrogen (secondary N) is 2. The number of hydrogen-bond acceptors (Lipinski definition) is 6. The van der Waals surface area contributed by atoms with Gasteiger partial charge < -0.3 is 5.32 Å². The number of nitrogens with zero attached hydrogens (tertiary/aromatic N) is 3. The van der Waals surface area contributed by atoms with Crippen LogP contribution >= 0.6 is 11.8 Å². The minimum atomic E-state index is -0.464. The Kier molecular flexibility index (Phi) is 5.58. The molecule has 0 radical (unpaired) electrons. The number of H-pyrrole nitrogens is 1. The van der Waals surface area contributed by atoms with Gasteiger partial charge in [-0.25, -0.2) is 14.8 Å². The Bertz CT molecular complexity index is 1280. The molecule has 2 aliphatic carbocycles. The number of benzene rings is 1. The van der Waals surface area contributed by atoms with Crippen molar-refractivity contribution in [2.45, 2.75) is 62.1 Å². The molecule has 3 aromatic rings. The first-order valence-electron chi connectivity index (χ1n) is 11.0. The summed E-state index contributed by atoms with van der Waals surface area (Å²) in [4.78, 5) is 49.3. The lowest BCUT2D eigenvalue weighted by Gasteiger charge is -2.14. The maximum atomic E-state index is 12.7. The summed E-state index contributed by atoms with van der Waals surface area (Å²) in [5, 5.41) is 3.92. The van der Waals surface area contributed by atoms with E-state index in [-0.39, 0.29) is 23.9 Å². The first-order chi connectivity index (χ1) is 15.5. The van der Waals surface area contributed by atoms with Gasteiger partial charge in [0.1, 0.15) is 16.2 Å². The maximum absolute atomic E-state index is 12.7. The van der Waals surface area contributed by atoms with Crippen LogP contribution in [0.5, 0.6) is 0 Å². The first-order valence-corrected chi connectivity index (χ1v) is 12.0. The number of carbonyl (C=O) groups is 1. The van der Waals surface area contributed by atoms with E-state index in [4.69, 9.17) is 0 Å². The van der Waals surface area contributed by atoms with Crippen molar-refractivity contribution in [1.29, 1.82) is 0 Å². The van der Waals surface area contributed by atoms with Crippen molar-refractivity contribution in [2.75, 3.05) is 5.75 Å². The molecule has 2 fully saturated rings. The van der Waals surface area contributed by atoms with Crippen LogP contribution in [-0.4, -0.2) is 31.2 Å². The van der Waals surface area contributed by atoms with E-state index in [1.807, 2.05) is 37.3 Å². The molecule has 2 aliphatic rings. The highest BCUT2D eigenvalue weighted by molar-refractivity contribution is 7.99. The molecule has 0 unspecified atom stereocenters. The van der Waals surface area contributed by atoms with Crippen LogP contribution < -0.4 is 16.6 Å². The highest BCUT2D eigenvalue weighted by atomic mass is 32.2. The standard InChI is InChI=1S/C23H25N5O3S/c1-13(14-5-3-2-4-6-14)24-17(29)11-12-32-22-18-20(25-19(26-22)15-7-8-15)28(16-9-10-16)23(31)27-21(18)30/h2-6,13,15-16H,7-12H2,1H3,(H,24,29)(H,27,30,31)/t13-/m1/s1. The Morgan fingerprint density at radius 3 is 2.62 bits per heavy atom. The zero-order valence-corrected chi connectivity index (χ0v) is 18.7. The Labute approximate surface area is 188 Å². The second-order valence-electron chi connectivity index (χ2n) is 8.52. The van der Waals surface area contributed by atoms with Crippen molar-refractivity contribution in [3.8, 4) is 0 Å². The summed E-state index contributed by atoms with van der Waals surface area (Å²) in [5.74, 6) is 1.40. The van der Waals surface area contributed by atoms with Crippen LogP contribution in [0.2, 0.25) is 0 Å². The smallest absolute Gasteiger partial charge is 0.330 e.